The molecule has 1 atom stereocenters. The second-order valence-electron chi connectivity index (χ2n) is 5.78. The van der Waals surface area contributed by atoms with Gasteiger partial charge in [-0.1, -0.05) is 0 Å². The predicted octanol–water partition coefficient (Wildman–Crippen LogP) is 3.80. The molecular formula is C20H19IN2O4. The lowest BCUT2D eigenvalue weighted by Crippen LogP contribution is -2.29. The molecule has 0 bridgehead atoms. The van der Waals surface area contributed by atoms with Crippen molar-refractivity contribution in [2.45, 2.75) is 12.6 Å². The van der Waals surface area contributed by atoms with E-state index in [2.05, 4.69) is 27.6 Å². The quantitative estimate of drug-likeness (QED) is 0.364. The largest absolute Gasteiger partial charge is 0.497 e. The summed E-state index contributed by atoms with van der Waals surface area (Å²) in [7, 11) is 1.58. The molecule has 1 aromatic heterocycles. The molecule has 0 aliphatic heterocycles. The van der Waals surface area contributed by atoms with Crippen LogP contribution in [0, 0.1) is 3.57 Å². The number of hydrogen-bond donors (Lipinski definition) is 0. The Hall–Kier alpha value is -2.55. The summed E-state index contributed by atoms with van der Waals surface area (Å²) >= 11 is 2.24. The summed E-state index contributed by atoms with van der Waals surface area (Å²) in [5, 5.41) is 0. The number of benzene rings is 2. The van der Waals surface area contributed by atoms with E-state index in [0.717, 1.165) is 9.32 Å². The van der Waals surface area contributed by atoms with E-state index in [0.29, 0.717) is 17.9 Å². The number of nitrogens with zero attached hydrogens (tertiary/aromatic N) is 2. The maximum Gasteiger partial charge on any atom is 0.338 e. The summed E-state index contributed by atoms with van der Waals surface area (Å²) in [4.78, 5) is 16.5. The first kappa shape index (κ1) is 19.2. The van der Waals surface area contributed by atoms with Crippen LogP contribution in [0.5, 0.6) is 11.5 Å². The van der Waals surface area contributed by atoms with E-state index in [1.54, 1.807) is 43.9 Å². The van der Waals surface area contributed by atoms with Crippen LogP contribution >= 0.6 is 22.6 Å². The minimum Gasteiger partial charge on any atom is -0.497 e. The van der Waals surface area contributed by atoms with E-state index in [1.807, 2.05) is 35.0 Å². The molecule has 7 heteroatoms. The van der Waals surface area contributed by atoms with Crippen molar-refractivity contribution in [3.05, 3.63) is 76.4 Å². The zero-order chi connectivity index (χ0) is 19.1. The fraction of sp³-hybridized carbons (Fsp3) is 0.200. The lowest BCUT2D eigenvalue weighted by Gasteiger charge is -2.19. The van der Waals surface area contributed by atoms with Gasteiger partial charge in [0.15, 0.2) is 6.10 Å². The molecule has 0 fully saturated rings. The SMILES string of the molecule is COc1ccc(C(=O)OC(COc2ccc(I)cc2)Cn2ccnc2)cc1. The number of ether oxygens (including phenoxy) is 3. The molecule has 0 saturated carbocycles. The molecule has 0 spiro atoms. The number of carbonyl (C=O) groups is 1. The zero-order valence-corrected chi connectivity index (χ0v) is 16.9. The Morgan fingerprint density at radius 3 is 2.44 bits per heavy atom. The number of carbonyl (C=O) groups excluding carboxylic acids is 1. The molecule has 3 aromatic rings. The normalized spacial score (nSPS) is 11.6. The number of aromatic nitrogens is 2. The number of halogens is 1. The monoisotopic (exact) mass is 478 g/mol. The predicted molar refractivity (Wildman–Crippen MR) is 109 cm³/mol. The standard InChI is InChI=1S/C20H19IN2O4/c1-25-17-6-2-15(3-7-17)20(24)27-19(12-23-11-10-22-14-23)13-26-18-8-4-16(21)5-9-18/h2-11,14,19H,12-13H2,1H3. The van der Waals surface area contributed by atoms with E-state index >= 15 is 0 Å². The summed E-state index contributed by atoms with van der Waals surface area (Å²) < 4.78 is 19.6. The van der Waals surface area contributed by atoms with Crippen molar-refractivity contribution in [1.29, 1.82) is 0 Å². The molecule has 0 aliphatic rings. The Labute approximate surface area is 171 Å². The number of esters is 1. The van der Waals surface area contributed by atoms with Crippen LogP contribution in [0.15, 0.2) is 67.3 Å². The minimum atomic E-state index is -0.465. The summed E-state index contributed by atoms with van der Waals surface area (Å²) in [6.45, 7) is 0.687. The summed E-state index contributed by atoms with van der Waals surface area (Å²) in [5.41, 5.74) is 0.459. The molecule has 1 unspecified atom stereocenters. The number of hydrogen-bond acceptors (Lipinski definition) is 5. The van der Waals surface area contributed by atoms with Gasteiger partial charge < -0.3 is 18.8 Å². The molecule has 27 heavy (non-hydrogen) atoms. The number of methoxy groups -OCH3 is 1. The van der Waals surface area contributed by atoms with Crippen molar-refractivity contribution in [2.24, 2.45) is 0 Å². The van der Waals surface area contributed by atoms with Gasteiger partial charge in [-0.3, -0.25) is 0 Å². The fourth-order valence-corrected chi connectivity index (χ4v) is 2.78. The van der Waals surface area contributed by atoms with Gasteiger partial charge in [0, 0.05) is 16.0 Å². The maximum atomic E-state index is 12.5. The van der Waals surface area contributed by atoms with Crippen LogP contribution in [0.3, 0.4) is 0 Å². The van der Waals surface area contributed by atoms with Gasteiger partial charge in [-0.25, -0.2) is 9.78 Å². The van der Waals surface area contributed by atoms with Crippen LogP contribution < -0.4 is 9.47 Å². The minimum absolute atomic E-state index is 0.237. The fourth-order valence-electron chi connectivity index (χ4n) is 2.42. The first-order valence-corrected chi connectivity index (χ1v) is 9.41. The Kier molecular flexibility index (Phi) is 6.69. The third-order valence-electron chi connectivity index (χ3n) is 3.82. The van der Waals surface area contributed by atoms with E-state index in [9.17, 15) is 4.79 Å². The molecule has 1 heterocycles. The first-order chi connectivity index (χ1) is 13.1. The number of rotatable bonds is 8. The van der Waals surface area contributed by atoms with Gasteiger partial charge in [-0.05, 0) is 71.1 Å². The highest BCUT2D eigenvalue weighted by molar-refractivity contribution is 14.1. The van der Waals surface area contributed by atoms with Crippen molar-refractivity contribution in [3.63, 3.8) is 0 Å². The van der Waals surface area contributed by atoms with Crippen LogP contribution in [-0.2, 0) is 11.3 Å². The van der Waals surface area contributed by atoms with Crippen molar-refractivity contribution in [3.8, 4) is 11.5 Å². The van der Waals surface area contributed by atoms with Crippen LogP contribution in [0.4, 0.5) is 0 Å². The highest BCUT2D eigenvalue weighted by atomic mass is 127. The Balaban J connectivity index is 1.66. The second-order valence-corrected chi connectivity index (χ2v) is 7.03. The van der Waals surface area contributed by atoms with Gasteiger partial charge in [0.2, 0.25) is 0 Å². The third kappa shape index (κ3) is 5.72. The highest BCUT2D eigenvalue weighted by Gasteiger charge is 2.18. The average Bonchev–Trinajstić information content (AvgIpc) is 3.20. The van der Waals surface area contributed by atoms with E-state index in [-0.39, 0.29) is 6.61 Å². The third-order valence-corrected chi connectivity index (χ3v) is 4.54. The summed E-state index contributed by atoms with van der Waals surface area (Å²) in [6.07, 6.45) is 4.72. The van der Waals surface area contributed by atoms with Crippen LogP contribution in [-0.4, -0.2) is 35.3 Å². The molecular weight excluding hydrogens is 459 g/mol. The van der Waals surface area contributed by atoms with Crippen molar-refractivity contribution in [1.82, 2.24) is 9.55 Å². The van der Waals surface area contributed by atoms with Gasteiger partial charge in [-0.2, -0.15) is 0 Å². The van der Waals surface area contributed by atoms with E-state index in [1.165, 1.54) is 0 Å². The lowest BCUT2D eigenvalue weighted by atomic mass is 10.2. The van der Waals surface area contributed by atoms with Crippen LogP contribution in [0.1, 0.15) is 10.4 Å². The Bertz CT molecular complexity index is 849. The highest BCUT2D eigenvalue weighted by Crippen LogP contribution is 2.16. The molecule has 140 valence electrons. The van der Waals surface area contributed by atoms with Crippen LogP contribution in [0.2, 0.25) is 0 Å². The van der Waals surface area contributed by atoms with Gasteiger partial charge in [0.25, 0.3) is 0 Å². The van der Waals surface area contributed by atoms with E-state index < -0.39 is 12.1 Å². The molecule has 6 nitrogen and oxygen atoms in total. The van der Waals surface area contributed by atoms with Gasteiger partial charge >= 0.3 is 5.97 Å². The number of imidazole rings is 1. The average molecular weight is 478 g/mol. The maximum absolute atomic E-state index is 12.5. The molecule has 3 rings (SSSR count). The van der Waals surface area contributed by atoms with E-state index in [4.69, 9.17) is 14.2 Å². The van der Waals surface area contributed by atoms with Crippen molar-refractivity contribution >= 4 is 28.6 Å². The van der Waals surface area contributed by atoms with Gasteiger partial charge in [0.05, 0.1) is 25.5 Å². The molecule has 0 radical (unpaired) electrons. The Morgan fingerprint density at radius 2 is 1.81 bits per heavy atom. The Morgan fingerprint density at radius 1 is 1.11 bits per heavy atom. The van der Waals surface area contributed by atoms with Crippen molar-refractivity contribution < 1.29 is 19.0 Å². The van der Waals surface area contributed by atoms with Gasteiger partial charge in [0.1, 0.15) is 18.1 Å². The second kappa shape index (κ2) is 9.40. The molecule has 2 aromatic carbocycles. The smallest absolute Gasteiger partial charge is 0.338 e. The topological polar surface area (TPSA) is 62.6 Å². The zero-order valence-electron chi connectivity index (χ0n) is 14.7. The summed E-state index contributed by atoms with van der Waals surface area (Å²) in [6, 6.07) is 14.5. The molecule has 0 N–H and O–H groups in total. The van der Waals surface area contributed by atoms with Crippen LogP contribution in [0.25, 0.3) is 0 Å². The molecule has 0 aliphatic carbocycles. The molecule has 0 saturated heterocycles. The van der Waals surface area contributed by atoms with Crippen molar-refractivity contribution in [2.75, 3.05) is 13.7 Å². The summed E-state index contributed by atoms with van der Waals surface area (Å²) in [5.74, 6) is 1.00. The van der Waals surface area contributed by atoms with Gasteiger partial charge in [-0.15, -0.1) is 0 Å². The molecule has 0 amide bonds. The first-order valence-electron chi connectivity index (χ1n) is 8.33. The lowest BCUT2D eigenvalue weighted by molar-refractivity contribution is 0.0125.